The highest BCUT2D eigenvalue weighted by atomic mass is 32.1. The maximum Gasteiger partial charge on any atom is 0.220 e. The topological polar surface area (TPSA) is 64.4 Å². The number of carbonyl (C=O) groups excluding carboxylic acids is 1. The Morgan fingerprint density at radius 2 is 1.97 bits per heavy atom. The van der Waals surface area contributed by atoms with Crippen LogP contribution in [0.4, 0.5) is 0 Å². The molecule has 0 aliphatic heterocycles. The molecule has 6 heteroatoms. The zero-order valence-electron chi connectivity index (χ0n) is 16.2. The van der Waals surface area contributed by atoms with Gasteiger partial charge in [-0.05, 0) is 53.1 Å². The van der Waals surface area contributed by atoms with E-state index in [4.69, 9.17) is 9.15 Å². The molecule has 0 fully saturated rings. The average Bonchev–Trinajstić information content (AvgIpc) is 3.40. The van der Waals surface area contributed by atoms with Crippen LogP contribution in [0.25, 0.3) is 21.4 Å². The molecule has 0 saturated carbocycles. The van der Waals surface area contributed by atoms with Crippen LogP contribution in [0, 0.1) is 0 Å². The molecule has 4 aromatic rings. The number of fused-ring (bicyclic) bond motifs is 1. The Bertz CT molecular complexity index is 1100. The SMILES string of the molecule is COc1ccc(-c2cnc(CCC(=O)NCCc3csc4ccccc34)o2)cc1. The summed E-state index contributed by atoms with van der Waals surface area (Å²) in [4.78, 5) is 16.4. The van der Waals surface area contributed by atoms with Crippen LogP contribution in [-0.2, 0) is 17.6 Å². The summed E-state index contributed by atoms with van der Waals surface area (Å²) < 4.78 is 12.2. The van der Waals surface area contributed by atoms with Gasteiger partial charge in [0, 0.05) is 29.6 Å². The smallest absolute Gasteiger partial charge is 0.220 e. The molecular formula is C23H22N2O3S. The largest absolute Gasteiger partial charge is 0.497 e. The number of nitrogens with zero attached hydrogens (tertiary/aromatic N) is 1. The molecule has 4 rings (SSSR count). The summed E-state index contributed by atoms with van der Waals surface area (Å²) in [5.74, 6) is 2.05. The van der Waals surface area contributed by atoms with E-state index in [1.54, 1.807) is 24.6 Å². The minimum atomic E-state index is 0.00809. The Morgan fingerprint density at radius 3 is 2.79 bits per heavy atom. The van der Waals surface area contributed by atoms with Crippen molar-refractivity contribution in [3.05, 3.63) is 71.6 Å². The molecular weight excluding hydrogens is 384 g/mol. The van der Waals surface area contributed by atoms with Crippen LogP contribution in [0.3, 0.4) is 0 Å². The number of rotatable bonds is 8. The van der Waals surface area contributed by atoms with Gasteiger partial charge in [0.25, 0.3) is 0 Å². The molecule has 2 heterocycles. The van der Waals surface area contributed by atoms with Crippen LogP contribution in [0.15, 0.2) is 64.5 Å². The fourth-order valence-corrected chi connectivity index (χ4v) is 4.18. The predicted molar refractivity (Wildman–Crippen MR) is 115 cm³/mol. The number of oxazole rings is 1. The monoisotopic (exact) mass is 406 g/mol. The first-order valence-corrected chi connectivity index (χ1v) is 10.4. The van der Waals surface area contributed by atoms with Crippen LogP contribution in [-0.4, -0.2) is 24.5 Å². The Morgan fingerprint density at radius 1 is 1.14 bits per heavy atom. The van der Waals surface area contributed by atoms with Crippen LogP contribution >= 0.6 is 11.3 Å². The maximum absolute atomic E-state index is 12.2. The first-order chi connectivity index (χ1) is 14.2. The van der Waals surface area contributed by atoms with Crippen molar-refractivity contribution in [2.45, 2.75) is 19.3 Å². The van der Waals surface area contributed by atoms with Crippen molar-refractivity contribution < 1.29 is 13.9 Å². The molecule has 0 radical (unpaired) electrons. The van der Waals surface area contributed by atoms with Crippen LogP contribution < -0.4 is 10.1 Å². The molecule has 0 unspecified atom stereocenters. The summed E-state index contributed by atoms with van der Waals surface area (Å²) >= 11 is 1.74. The summed E-state index contributed by atoms with van der Waals surface area (Å²) in [6.07, 6.45) is 3.35. The van der Waals surface area contributed by atoms with Gasteiger partial charge in [-0.25, -0.2) is 4.98 Å². The fourth-order valence-electron chi connectivity index (χ4n) is 3.19. The van der Waals surface area contributed by atoms with Crippen molar-refractivity contribution in [1.29, 1.82) is 0 Å². The highest BCUT2D eigenvalue weighted by molar-refractivity contribution is 7.17. The lowest BCUT2D eigenvalue weighted by atomic mass is 10.1. The van der Waals surface area contributed by atoms with Crippen molar-refractivity contribution in [2.24, 2.45) is 0 Å². The molecule has 1 N–H and O–H groups in total. The predicted octanol–water partition coefficient (Wildman–Crippen LogP) is 4.86. The van der Waals surface area contributed by atoms with Gasteiger partial charge >= 0.3 is 0 Å². The van der Waals surface area contributed by atoms with E-state index in [1.165, 1.54) is 15.6 Å². The van der Waals surface area contributed by atoms with Crippen LogP contribution in [0.5, 0.6) is 5.75 Å². The number of methoxy groups -OCH3 is 1. The number of nitrogens with one attached hydrogen (secondary N) is 1. The van der Waals surface area contributed by atoms with E-state index in [9.17, 15) is 4.79 Å². The highest BCUT2D eigenvalue weighted by Gasteiger charge is 2.10. The normalized spacial score (nSPS) is 10.9. The zero-order chi connectivity index (χ0) is 20.1. The molecule has 1 amide bonds. The van der Waals surface area contributed by atoms with Gasteiger partial charge in [-0.1, -0.05) is 18.2 Å². The lowest BCUT2D eigenvalue weighted by Crippen LogP contribution is -2.25. The Kier molecular flexibility index (Phi) is 5.91. The van der Waals surface area contributed by atoms with Crippen molar-refractivity contribution in [3.63, 3.8) is 0 Å². The van der Waals surface area contributed by atoms with Crippen molar-refractivity contribution in [2.75, 3.05) is 13.7 Å². The number of benzene rings is 2. The number of amides is 1. The maximum atomic E-state index is 12.2. The number of hydrogen-bond acceptors (Lipinski definition) is 5. The minimum Gasteiger partial charge on any atom is -0.497 e. The number of aromatic nitrogens is 1. The van der Waals surface area contributed by atoms with Gasteiger partial charge < -0.3 is 14.5 Å². The highest BCUT2D eigenvalue weighted by Crippen LogP contribution is 2.26. The number of carbonyl (C=O) groups is 1. The van der Waals surface area contributed by atoms with E-state index >= 15 is 0 Å². The quantitative estimate of drug-likeness (QED) is 0.454. The first-order valence-electron chi connectivity index (χ1n) is 9.54. The average molecular weight is 407 g/mol. The van der Waals surface area contributed by atoms with E-state index in [1.807, 2.05) is 36.4 Å². The van der Waals surface area contributed by atoms with Crippen molar-refractivity contribution in [1.82, 2.24) is 10.3 Å². The summed E-state index contributed by atoms with van der Waals surface area (Å²) in [6, 6.07) is 15.9. The lowest BCUT2D eigenvalue weighted by molar-refractivity contribution is -0.121. The Balaban J connectivity index is 1.25. The van der Waals surface area contributed by atoms with Gasteiger partial charge in [-0.2, -0.15) is 0 Å². The molecule has 5 nitrogen and oxygen atoms in total. The van der Waals surface area contributed by atoms with E-state index in [2.05, 4.69) is 27.8 Å². The Labute approximate surface area is 173 Å². The van der Waals surface area contributed by atoms with Gasteiger partial charge in [0.15, 0.2) is 11.7 Å². The van der Waals surface area contributed by atoms with E-state index in [-0.39, 0.29) is 5.91 Å². The standard InChI is InChI=1S/C23H22N2O3S/c1-27-18-8-6-16(7-9-18)20-14-25-23(28-20)11-10-22(26)24-13-12-17-15-29-21-5-3-2-4-19(17)21/h2-9,14-15H,10-13H2,1H3,(H,24,26). The zero-order valence-corrected chi connectivity index (χ0v) is 17.0. The second-order valence-electron chi connectivity index (χ2n) is 6.70. The van der Waals surface area contributed by atoms with Gasteiger partial charge in [0.1, 0.15) is 5.75 Å². The van der Waals surface area contributed by atoms with Crippen molar-refractivity contribution >= 4 is 27.3 Å². The number of aryl methyl sites for hydroxylation is 1. The summed E-state index contributed by atoms with van der Waals surface area (Å²) in [7, 11) is 1.63. The molecule has 29 heavy (non-hydrogen) atoms. The molecule has 0 saturated heterocycles. The molecule has 0 bridgehead atoms. The number of thiophene rings is 1. The van der Waals surface area contributed by atoms with E-state index in [0.29, 0.717) is 31.0 Å². The molecule has 2 aromatic carbocycles. The fraction of sp³-hybridized carbons (Fsp3) is 0.217. The third-order valence-electron chi connectivity index (χ3n) is 4.77. The van der Waals surface area contributed by atoms with Crippen LogP contribution in [0.2, 0.25) is 0 Å². The second kappa shape index (κ2) is 8.92. The molecule has 2 aromatic heterocycles. The van der Waals surface area contributed by atoms with Gasteiger partial charge in [0.2, 0.25) is 5.91 Å². The summed E-state index contributed by atoms with van der Waals surface area (Å²) in [5, 5.41) is 6.44. The second-order valence-corrected chi connectivity index (χ2v) is 7.62. The molecule has 0 aliphatic rings. The van der Waals surface area contributed by atoms with E-state index in [0.717, 1.165) is 17.7 Å². The lowest BCUT2D eigenvalue weighted by Gasteiger charge is -2.04. The summed E-state index contributed by atoms with van der Waals surface area (Å²) in [5.41, 5.74) is 2.21. The Hall–Kier alpha value is -3.12. The van der Waals surface area contributed by atoms with Gasteiger partial charge in [-0.15, -0.1) is 11.3 Å². The van der Waals surface area contributed by atoms with Crippen LogP contribution in [0.1, 0.15) is 17.9 Å². The van der Waals surface area contributed by atoms with Crippen molar-refractivity contribution in [3.8, 4) is 17.1 Å². The first kappa shape index (κ1) is 19.2. The minimum absolute atomic E-state index is 0.00809. The van der Waals surface area contributed by atoms with E-state index < -0.39 is 0 Å². The molecule has 0 spiro atoms. The molecule has 148 valence electrons. The van der Waals surface area contributed by atoms with Gasteiger partial charge in [0.05, 0.1) is 13.3 Å². The molecule has 0 atom stereocenters. The molecule has 0 aliphatic carbocycles. The third-order valence-corrected chi connectivity index (χ3v) is 5.78. The number of hydrogen-bond donors (Lipinski definition) is 1. The third kappa shape index (κ3) is 4.66. The number of ether oxygens (including phenoxy) is 1. The summed E-state index contributed by atoms with van der Waals surface area (Å²) in [6.45, 7) is 0.627. The van der Waals surface area contributed by atoms with Gasteiger partial charge in [-0.3, -0.25) is 4.79 Å².